The molecule has 6 aliphatic rings. The number of rotatable bonds is 14. The van der Waals surface area contributed by atoms with Crippen molar-refractivity contribution >= 4 is 46.0 Å². The van der Waals surface area contributed by atoms with E-state index in [4.69, 9.17) is 0 Å². The Morgan fingerprint density at radius 3 is 2.19 bits per heavy atom. The highest BCUT2D eigenvalue weighted by molar-refractivity contribution is 5.99. The number of aliphatic imine (C=N–C) groups is 1. The second-order valence-electron chi connectivity index (χ2n) is 21.6. The number of fused-ring (bicyclic) bond motifs is 1. The molecule has 392 valence electrons. The van der Waals surface area contributed by atoms with Crippen molar-refractivity contribution in [3.63, 3.8) is 0 Å². The number of likely N-dealkylation sites (tertiary alicyclic amines) is 2. The lowest BCUT2D eigenvalue weighted by atomic mass is 9.83. The molecule has 2 saturated carbocycles. The smallest absolute Gasteiger partial charge is 0.272 e. The van der Waals surface area contributed by atoms with Gasteiger partial charge in [-0.25, -0.2) is 9.49 Å². The molecule has 2 aliphatic carbocycles. The molecule has 1 aromatic heterocycles. The monoisotopic (exact) mass is 1010 g/mol. The number of piperidine rings is 2. The number of nitrogens with zero attached hydrogens (tertiary/aromatic N) is 8. The number of nitrogens with one attached hydrogen (secondary N) is 2. The van der Waals surface area contributed by atoms with Crippen molar-refractivity contribution in [2.45, 2.75) is 89.0 Å². The molecule has 5 amide bonds. The number of carbonyl (C=O) groups is 5. The number of amides is 5. The van der Waals surface area contributed by atoms with Gasteiger partial charge in [0.25, 0.3) is 17.4 Å². The molecule has 4 aromatic rings. The summed E-state index contributed by atoms with van der Waals surface area (Å²) in [6.45, 7) is 8.72. The first-order valence-corrected chi connectivity index (χ1v) is 27.3. The first-order valence-electron chi connectivity index (χ1n) is 27.3. The predicted molar refractivity (Wildman–Crippen MR) is 281 cm³/mol. The number of carbonyl (C=O) groups excluding carboxylic acids is 5. The molecule has 0 bridgehead atoms. The number of halogens is 1. The van der Waals surface area contributed by atoms with E-state index in [0.717, 1.165) is 121 Å². The third kappa shape index (κ3) is 12.4. The molecule has 5 heterocycles. The molecule has 0 unspecified atom stereocenters. The lowest BCUT2D eigenvalue weighted by Crippen LogP contribution is -2.57. The first-order chi connectivity index (χ1) is 36.0. The van der Waals surface area contributed by atoms with Crippen molar-refractivity contribution in [3.8, 4) is 0 Å². The fourth-order valence-electron chi connectivity index (χ4n) is 12.0. The summed E-state index contributed by atoms with van der Waals surface area (Å²) in [7, 11) is 0. The summed E-state index contributed by atoms with van der Waals surface area (Å²) < 4.78 is 15.1. The average Bonchev–Trinajstić information content (AvgIpc) is 4.28. The molecule has 17 heteroatoms. The molecule has 10 rings (SSSR count). The predicted octanol–water partition coefficient (Wildman–Crippen LogP) is 5.11. The zero-order chi connectivity index (χ0) is 51.1. The molecule has 6 fully saturated rings. The van der Waals surface area contributed by atoms with E-state index in [-0.39, 0.29) is 53.1 Å². The van der Waals surface area contributed by atoms with Crippen LogP contribution < -0.4 is 10.9 Å². The van der Waals surface area contributed by atoms with Crippen LogP contribution in [-0.4, -0.2) is 179 Å². The second kappa shape index (κ2) is 23.5. The molecule has 4 aliphatic heterocycles. The van der Waals surface area contributed by atoms with Gasteiger partial charge in [-0.15, -0.1) is 0 Å². The van der Waals surface area contributed by atoms with Gasteiger partial charge >= 0.3 is 0 Å². The van der Waals surface area contributed by atoms with Gasteiger partial charge in [0, 0.05) is 101 Å². The summed E-state index contributed by atoms with van der Waals surface area (Å²) >= 11 is 0. The van der Waals surface area contributed by atoms with Crippen LogP contribution >= 0.6 is 0 Å². The number of piperazine rings is 2. The van der Waals surface area contributed by atoms with E-state index in [1.165, 1.54) is 6.07 Å². The van der Waals surface area contributed by atoms with Gasteiger partial charge in [0.2, 0.25) is 17.7 Å². The number of hydrogen-bond donors (Lipinski definition) is 2. The Morgan fingerprint density at radius 2 is 1.43 bits per heavy atom. The van der Waals surface area contributed by atoms with Crippen LogP contribution in [0, 0.1) is 17.7 Å². The molecular formula is C57H71FN10O6. The lowest BCUT2D eigenvalue weighted by molar-refractivity contribution is -0.137. The molecule has 2 N–H and O–H groups in total. The minimum atomic E-state index is -0.606. The number of aromatic amines is 1. The molecule has 0 spiro atoms. The van der Waals surface area contributed by atoms with Crippen LogP contribution in [0.5, 0.6) is 0 Å². The van der Waals surface area contributed by atoms with Crippen LogP contribution in [0.2, 0.25) is 0 Å². The van der Waals surface area contributed by atoms with E-state index >= 15 is 4.39 Å². The van der Waals surface area contributed by atoms with Gasteiger partial charge in [-0.3, -0.25) is 43.6 Å². The third-order valence-electron chi connectivity index (χ3n) is 16.6. The minimum Gasteiger partial charge on any atom is -0.340 e. The van der Waals surface area contributed by atoms with Crippen LogP contribution in [0.25, 0.3) is 10.8 Å². The number of benzene rings is 3. The van der Waals surface area contributed by atoms with E-state index in [1.807, 2.05) is 45.0 Å². The second-order valence-corrected chi connectivity index (χ2v) is 21.6. The van der Waals surface area contributed by atoms with Crippen molar-refractivity contribution in [1.29, 1.82) is 0 Å². The molecule has 0 radical (unpaired) electrons. The summed E-state index contributed by atoms with van der Waals surface area (Å²) in [6.07, 6.45) is 11.3. The van der Waals surface area contributed by atoms with Gasteiger partial charge in [0.15, 0.2) is 0 Å². The summed E-state index contributed by atoms with van der Waals surface area (Å²) in [5.41, 5.74) is 3.75. The van der Waals surface area contributed by atoms with Crippen molar-refractivity contribution < 1.29 is 28.4 Å². The normalized spacial score (nSPS) is 20.9. The maximum absolute atomic E-state index is 15.1. The molecule has 4 saturated heterocycles. The van der Waals surface area contributed by atoms with E-state index in [0.29, 0.717) is 92.3 Å². The lowest BCUT2D eigenvalue weighted by Gasteiger charge is -2.41. The first kappa shape index (κ1) is 51.2. The fraction of sp³-hybridized carbons (Fsp3) is 0.544. The minimum absolute atomic E-state index is 0.0223. The average molecular weight is 1010 g/mol. The van der Waals surface area contributed by atoms with E-state index < -0.39 is 17.8 Å². The van der Waals surface area contributed by atoms with E-state index in [9.17, 15) is 28.8 Å². The summed E-state index contributed by atoms with van der Waals surface area (Å²) in [5.74, 6) is -0.358. The van der Waals surface area contributed by atoms with Crippen LogP contribution in [0.4, 0.5) is 4.39 Å². The van der Waals surface area contributed by atoms with Crippen LogP contribution in [0.3, 0.4) is 0 Å². The molecule has 2 atom stereocenters. The van der Waals surface area contributed by atoms with Crippen LogP contribution in [-0.2, 0) is 20.8 Å². The number of H-pyrrole nitrogens is 1. The highest BCUT2D eigenvalue weighted by atomic mass is 19.1. The van der Waals surface area contributed by atoms with Gasteiger partial charge in [-0.2, -0.15) is 5.10 Å². The van der Waals surface area contributed by atoms with Crippen LogP contribution in [0.15, 0.2) is 76.5 Å². The van der Waals surface area contributed by atoms with Crippen molar-refractivity contribution in [2.24, 2.45) is 16.8 Å². The van der Waals surface area contributed by atoms with Crippen LogP contribution in [0.1, 0.15) is 114 Å². The Balaban J connectivity index is 0.656. The molecule has 3 aromatic carbocycles. The maximum Gasteiger partial charge on any atom is 0.272 e. The largest absolute Gasteiger partial charge is 0.340 e. The van der Waals surface area contributed by atoms with Crippen molar-refractivity contribution in [2.75, 3.05) is 98.2 Å². The van der Waals surface area contributed by atoms with Gasteiger partial charge in [-0.1, -0.05) is 55.7 Å². The highest BCUT2D eigenvalue weighted by Crippen LogP contribution is 2.31. The zero-order valence-electron chi connectivity index (χ0n) is 42.7. The third-order valence-corrected chi connectivity index (χ3v) is 16.6. The molecule has 16 nitrogen and oxygen atoms in total. The Hall–Kier alpha value is -6.33. The molecule has 74 heavy (non-hydrogen) atoms. The SMILES string of the molecule is O=C(N[C@@H](C(=O)N1CCN(CC2CCN(CC(=O)N3CCN(C(=O)c4cc(Cc5n[nH]c(=O)c6ccccc56)ccc4F)CC3)CC2)CC1)C1CCCCC1)c1cccc([C@H]2CCCN(C(=O)CN=C3CC3)C2)c1. The van der Waals surface area contributed by atoms with Gasteiger partial charge in [0.1, 0.15) is 18.4 Å². The van der Waals surface area contributed by atoms with Crippen molar-refractivity contribution in [1.82, 2.24) is 44.9 Å². The fourth-order valence-corrected chi connectivity index (χ4v) is 12.0. The number of aromatic nitrogens is 2. The Labute approximate surface area is 432 Å². The Bertz CT molecular complexity index is 2780. The summed E-state index contributed by atoms with van der Waals surface area (Å²) in [4.78, 5) is 97.2. The summed E-state index contributed by atoms with van der Waals surface area (Å²) in [6, 6.07) is 18.9. The summed E-state index contributed by atoms with van der Waals surface area (Å²) in [5, 5.41) is 11.2. The zero-order valence-corrected chi connectivity index (χ0v) is 42.7. The quantitative estimate of drug-likeness (QED) is 0.174. The van der Waals surface area contributed by atoms with E-state index in [2.05, 4.69) is 36.4 Å². The maximum atomic E-state index is 15.1. The highest BCUT2D eigenvalue weighted by Gasteiger charge is 2.37. The van der Waals surface area contributed by atoms with E-state index in [1.54, 1.807) is 29.2 Å². The van der Waals surface area contributed by atoms with Gasteiger partial charge < -0.3 is 24.9 Å². The van der Waals surface area contributed by atoms with Gasteiger partial charge in [-0.05, 0) is 118 Å². The molecular weight excluding hydrogens is 940 g/mol. The Kier molecular flexibility index (Phi) is 16.2. The van der Waals surface area contributed by atoms with Crippen molar-refractivity contribution in [3.05, 3.63) is 111 Å². The van der Waals surface area contributed by atoms with Gasteiger partial charge in [0.05, 0.1) is 23.2 Å². The number of hydrogen-bond acceptors (Lipinski definition) is 10. The standard InChI is InChI=1S/C57H71FN10O6/c58-49-18-15-40(33-50-46-13-4-5-14-47(46)55(72)62-61-50)32-48(49)56(73)66-30-28-65(29-31-66)52(70)38-63-22-19-39(20-23-63)36-64-24-26-67(27-25-64)57(74)53(41-8-2-1-3-9-41)60-54(71)43-11-6-10-42(34-43)44-12-7-21-68(37-44)51(69)35-59-45-16-17-45/h4-6,10-11,13-15,18,32,34,39,41,44,53H,1-3,7-9,12,16-17,19-31,33,35-38H2,(H,60,71)(H,62,72)/t44-,53+/m0/s1. The Morgan fingerprint density at radius 1 is 0.703 bits per heavy atom. The topological polar surface area (TPSA) is 175 Å².